The molecule has 0 aliphatic heterocycles. The van der Waals surface area contributed by atoms with Crippen molar-refractivity contribution in [3.63, 3.8) is 0 Å². The molecule has 1 aromatic rings. The maximum Gasteiger partial charge on any atom is 0.237 e. The number of hydrogen-bond acceptors (Lipinski definition) is 2. The summed E-state index contributed by atoms with van der Waals surface area (Å²) in [7, 11) is 0. The molecule has 0 spiro atoms. The zero-order valence-electron chi connectivity index (χ0n) is 9.62. The Morgan fingerprint density at radius 1 is 1.44 bits per heavy atom. The number of amides is 1. The van der Waals surface area contributed by atoms with E-state index in [0.29, 0.717) is 0 Å². The quantitative estimate of drug-likeness (QED) is 0.820. The van der Waals surface area contributed by atoms with Crippen LogP contribution in [0.2, 0.25) is 0 Å². The van der Waals surface area contributed by atoms with E-state index in [-0.39, 0.29) is 17.1 Å². The van der Waals surface area contributed by atoms with Crippen molar-refractivity contribution in [2.45, 2.75) is 26.0 Å². The second kappa shape index (κ2) is 5.73. The summed E-state index contributed by atoms with van der Waals surface area (Å²) in [6, 6.07) is 5.82. The maximum atomic E-state index is 11.8. The first-order chi connectivity index (χ1) is 7.41. The van der Waals surface area contributed by atoms with E-state index >= 15 is 0 Å². The lowest BCUT2D eigenvalue weighted by Gasteiger charge is -2.15. The van der Waals surface area contributed by atoms with Gasteiger partial charge in [-0.25, -0.2) is 0 Å². The number of hydrogen-bond donors (Lipinski definition) is 2. The summed E-state index contributed by atoms with van der Waals surface area (Å²) >= 11 is 7.70. The summed E-state index contributed by atoms with van der Waals surface area (Å²) in [5, 5.41) is 2.57. The molecule has 2 nitrogen and oxygen atoms in total. The Labute approximate surface area is 110 Å². The van der Waals surface area contributed by atoms with Crippen molar-refractivity contribution in [2.24, 2.45) is 5.92 Å². The summed E-state index contributed by atoms with van der Waals surface area (Å²) < 4.78 is 0.894. The van der Waals surface area contributed by atoms with Crippen molar-refractivity contribution >= 4 is 40.2 Å². The number of halogens is 1. The van der Waals surface area contributed by atoms with Crippen LogP contribution in [0.15, 0.2) is 22.7 Å². The van der Waals surface area contributed by atoms with Gasteiger partial charge in [0.15, 0.2) is 0 Å². The number of thiol groups is 1. The lowest BCUT2D eigenvalue weighted by Crippen LogP contribution is -2.27. The van der Waals surface area contributed by atoms with Crippen LogP contribution in [-0.2, 0) is 4.79 Å². The Balaban J connectivity index is 2.77. The van der Waals surface area contributed by atoms with Gasteiger partial charge in [0, 0.05) is 4.47 Å². The van der Waals surface area contributed by atoms with Crippen LogP contribution < -0.4 is 5.32 Å². The van der Waals surface area contributed by atoms with Crippen LogP contribution in [0.25, 0.3) is 0 Å². The fourth-order valence-electron chi connectivity index (χ4n) is 1.23. The first kappa shape index (κ1) is 13.6. The number of aryl methyl sites for hydroxylation is 1. The molecule has 1 N–H and O–H groups in total. The molecule has 0 radical (unpaired) electrons. The molecule has 0 bridgehead atoms. The molecule has 4 heteroatoms. The molecular weight excluding hydrogens is 286 g/mol. The smallest absolute Gasteiger partial charge is 0.237 e. The van der Waals surface area contributed by atoms with Gasteiger partial charge in [-0.1, -0.05) is 19.9 Å². The highest BCUT2D eigenvalue weighted by molar-refractivity contribution is 9.10. The Morgan fingerprint density at radius 2 is 2.06 bits per heavy atom. The lowest BCUT2D eigenvalue weighted by atomic mass is 10.1. The van der Waals surface area contributed by atoms with Gasteiger partial charge in [-0.05, 0) is 46.5 Å². The van der Waals surface area contributed by atoms with E-state index in [1.54, 1.807) is 0 Å². The topological polar surface area (TPSA) is 29.1 Å². The Morgan fingerprint density at radius 3 is 2.56 bits per heavy atom. The number of benzene rings is 1. The molecule has 1 amide bonds. The molecule has 16 heavy (non-hydrogen) atoms. The molecule has 0 aliphatic carbocycles. The summed E-state index contributed by atoms with van der Waals surface area (Å²) in [5.41, 5.74) is 1.94. The van der Waals surface area contributed by atoms with E-state index in [2.05, 4.69) is 33.9 Å². The van der Waals surface area contributed by atoms with Gasteiger partial charge in [0.05, 0.1) is 10.9 Å². The number of rotatable bonds is 3. The molecule has 1 unspecified atom stereocenters. The average Bonchev–Trinajstić information content (AvgIpc) is 2.20. The zero-order chi connectivity index (χ0) is 12.3. The molecule has 0 fully saturated rings. The molecule has 88 valence electrons. The van der Waals surface area contributed by atoms with E-state index in [1.807, 2.05) is 39.0 Å². The highest BCUT2D eigenvalue weighted by atomic mass is 79.9. The fourth-order valence-corrected chi connectivity index (χ4v) is 1.89. The predicted octanol–water partition coefficient (Wildman–Crippen LogP) is 3.65. The molecule has 0 heterocycles. The Bertz CT molecular complexity index is 393. The minimum Gasteiger partial charge on any atom is -0.324 e. The van der Waals surface area contributed by atoms with Gasteiger partial charge in [-0.3, -0.25) is 4.79 Å². The van der Waals surface area contributed by atoms with Crippen molar-refractivity contribution in [3.8, 4) is 0 Å². The van der Waals surface area contributed by atoms with E-state index in [9.17, 15) is 4.79 Å². The summed E-state index contributed by atoms with van der Waals surface area (Å²) in [5.74, 6) is 0.149. The fraction of sp³-hybridized carbons (Fsp3) is 0.417. The highest BCUT2D eigenvalue weighted by Gasteiger charge is 2.18. The molecule has 0 aromatic heterocycles. The summed E-state index contributed by atoms with van der Waals surface area (Å²) in [4.78, 5) is 11.8. The summed E-state index contributed by atoms with van der Waals surface area (Å²) in [6.45, 7) is 5.95. The monoisotopic (exact) mass is 301 g/mol. The largest absolute Gasteiger partial charge is 0.324 e. The average molecular weight is 302 g/mol. The van der Waals surface area contributed by atoms with E-state index < -0.39 is 0 Å². The van der Waals surface area contributed by atoms with Crippen LogP contribution in [-0.4, -0.2) is 11.2 Å². The minimum absolute atomic E-state index is 0.0668. The van der Waals surface area contributed by atoms with E-state index in [0.717, 1.165) is 15.7 Å². The van der Waals surface area contributed by atoms with Gasteiger partial charge in [-0.15, -0.1) is 0 Å². The molecule has 1 atom stereocenters. The second-order valence-corrected chi connectivity index (χ2v) is 5.57. The standard InChI is InChI=1S/C12H16BrNOS/c1-7(2)11(16)12(15)14-10-5-4-8(3)6-9(10)13/h4-7,11,16H,1-3H3,(H,14,15). The third-order valence-electron chi connectivity index (χ3n) is 2.28. The third kappa shape index (κ3) is 3.52. The highest BCUT2D eigenvalue weighted by Crippen LogP contribution is 2.24. The number of carbonyl (C=O) groups excluding carboxylic acids is 1. The van der Waals surface area contributed by atoms with Gasteiger partial charge in [0.2, 0.25) is 5.91 Å². The van der Waals surface area contributed by atoms with Gasteiger partial charge in [0.1, 0.15) is 0 Å². The van der Waals surface area contributed by atoms with Crippen LogP contribution in [0, 0.1) is 12.8 Å². The maximum absolute atomic E-state index is 11.8. The Kier molecular flexibility index (Phi) is 4.87. The van der Waals surface area contributed by atoms with Crippen molar-refractivity contribution in [1.29, 1.82) is 0 Å². The molecule has 0 saturated heterocycles. The van der Waals surface area contributed by atoms with Crippen LogP contribution in [0.5, 0.6) is 0 Å². The normalized spacial score (nSPS) is 12.6. The summed E-state index contributed by atoms with van der Waals surface area (Å²) in [6.07, 6.45) is 0. The SMILES string of the molecule is Cc1ccc(NC(=O)C(S)C(C)C)c(Br)c1. The van der Waals surface area contributed by atoms with Crippen LogP contribution in [0.1, 0.15) is 19.4 Å². The van der Waals surface area contributed by atoms with Crippen molar-refractivity contribution < 1.29 is 4.79 Å². The first-order valence-corrected chi connectivity index (χ1v) is 6.48. The van der Waals surface area contributed by atoms with Crippen LogP contribution in [0.3, 0.4) is 0 Å². The van der Waals surface area contributed by atoms with Crippen LogP contribution >= 0.6 is 28.6 Å². The van der Waals surface area contributed by atoms with Gasteiger partial charge >= 0.3 is 0 Å². The molecular formula is C12H16BrNOS. The number of carbonyl (C=O) groups is 1. The molecule has 1 aromatic carbocycles. The third-order valence-corrected chi connectivity index (χ3v) is 3.77. The minimum atomic E-state index is -0.284. The molecule has 0 aliphatic rings. The lowest BCUT2D eigenvalue weighted by molar-refractivity contribution is -0.116. The predicted molar refractivity (Wildman–Crippen MR) is 75.1 cm³/mol. The number of nitrogens with one attached hydrogen (secondary N) is 1. The van der Waals surface area contributed by atoms with Crippen molar-refractivity contribution in [1.82, 2.24) is 0 Å². The molecule has 1 rings (SSSR count). The molecule has 0 saturated carbocycles. The van der Waals surface area contributed by atoms with E-state index in [4.69, 9.17) is 0 Å². The van der Waals surface area contributed by atoms with Gasteiger partial charge in [0.25, 0.3) is 0 Å². The number of anilines is 1. The van der Waals surface area contributed by atoms with Crippen molar-refractivity contribution in [2.75, 3.05) is 5.32 Å². The first-order valence-electron chi connectivity index (χ1n) is 5.17. The van der Waals surface area contributed by atoms with Crippen LogP contribution in [0.4, 0.5) is 5.69 Å². The second-order valence-electron chi connectivity index (χ2n) is 4.16. The van der Waals surface area contributed by atoms with Gasteiger partial charge < -0.3 is 5.32 Å². The Hall–Kier alpha value is -0.480. The van der Waals surface area contributed by atoms with E-state index in [1.165, 1.54) is 0 Å². The van der Waals surface area contributed by atoms with Gasteiger partial charge in [-0.2, -0.15) is 12.6 Å². The van der Waals surface area contributed by atoms with Crippen molar-refractivity contribution in [3.05, 3.63) is 28.2 Å². The zero-order valence-corrected chi connectivity index (χ0v) is 12.1.